The lowest BCUT2D eigenvalue weighted by Gasteiger charge is -2.37. The number of rotatable bonds is 3. The molecule has 4 aliphatic rings. The van der Waals surface area contributed by atoms with Crippen LogP contribution >= 0.6 is 0 Å². The summed E-state index contributed by atoms with van der Waals surface area (Å²) in [5, 5.41) is 0. The summed E-state index contributed by atoms with van der Waals surface area (Å²) in [6.07, 6.45) is 20.2. The first-order valence-electron chi connectivity index (χ1n) is 13.2. The van der Waals surface area contributed by atoms with Gasteiger partial charge < -0.3 is 4.90 Å². The van der Waals surface area contributed by atoms with Gasteiger partial charge in [-0.3, -0.25) is 4.99 Å². The maximum absolute atomic E-state index is 5.16. The van der Waals surface area contributed by atoms with Crippen LogP contribution in [-0.4, -0.2) is 12.3 Å². The maximum Gasteiger partial charge on any atom is 0.0674 e. The first kappa shape index (κ1) is 21.0. The molecule has 2 heterocycles. The molecule has 2 spiro atoms. The first-order chi connectivity index (χ1) is 16.3. The zero-order chi connectivity index (χ0) is 22.3. The van der Waals surface area contributed by atoms with Crippen molar-refractivity contribution in [1.82, 2.24) is 0 Å². The number of anilines is 1. The van der Waals surface area contributed by atoms with Gasteiger partial charge in [0.2, 0.25) is 0 Å². The molecule has 33 heavy (non-hydrogen) atoms. The quantitative estimate of drug-likeness (QED) is 0.474. The standard InChI is InChI=1S/C31H36N2/c1-2-33-27-17-8-6-15-25(27)31(22-11-4-12-23-31)29(33)19-13-18-28-30(20-9-3-10-21-30)24-14-5-7-16-26(24)32-28/h5-8,13-19H,2-4,9-12,20-23H2,1H3/b18-13+,29-19-. The third-order valence-electron chi connectivity index (χ3n) is 8.88. The van der Waals surface area contributed by atoms with E-state index in [1.807, 2.05) is 0 Å². The molecular weight excluding hydrogens is 400 g/mol. The van der Waals surface area contributed by atoms with E-state index in [1.165, 1.54) is 92.6 Å². The van der Waals surface area contributed by atoms with Gasteiger partial charge in [-0.25, -0.2) is 0 Å². The summed E-state index contributed by atoms with van der Waals surface area (Å²) < 4.78 is 0. The Balaban J connectivity index is 1.39. The predicted molar refractivity (Wildman–Crippen MR) is 140 cm³/mol. The number of fused-ring (bicyclic) bond motifs is 4. The van der Waals surface area contributed by atoms with Crippen molar-refractivity contribution in [2.24, 2.45) is 4.99 Å². The highest BCUT2D eigenvalue weighted by atomic mass is 15.2. The van der Waals surface area contributed by atoms with Gasteiger partial charge >= 0.3 is 0 Å². The normalized spacial score (nSPS) is 24.0. The average molecular weight is 437 g/mol. The van der Waals surface area contributed by atoms with E-state index in [-0.39, 0.29) is 10.8 Å². The molecule has 2 aliphatic heterocycles. The summed E-state index contributed by atoms with van der Waals surface area (Å²) in [7, 11) is 0. The Morgan fingerprint density at radius 3 is 2.15 bits per heavy atom. The Morgan fingerprint density at radius 2 is 1.42 bits per heavy atom. The molecule has 2 fully saturated rings. The summed E-state index contributed by atoms with van der Waals surface area (Å²) in [6, 6.07) is 18.0. The van der Waals surface area contributed by atoms with Gasteiger partial charge in [-0.05, 0) is 68.0 Å². The largest absolute Gasteiger partial charge is 0.344 e. The monoisotopic (exact) mass is 436 g/mol. The van der Waals surface area contributed by atoms with Gasteiger partial charge in [0.05, 0.1) is 11.4 Å². The van der Waals surface area contributed by atoms with Crippen molar-refractivity contribution in [1.29, 1.82) is 0 Å². The zero-order valence-corrected chi connectivity index (χ0v) is 20.0. The van der Waals surface area contributed by atoms with Crippen LogP contribution in [0.2, 0.25) is 0 Å². The third-order valence-corrected chi connectivity index (χ3v) is 8.88. The second-order valence-electron chi connectivity index (χ2n) is 10.5. The van der Waals surface area contributed by atoms with Gasteiger partial charge in [0.1, 0.15) is 0 Å². The Labute approximate surface area is 199 Å². The molecule has 170 valence electrons. The summed E-state index contributed by atoms with van der Waals surface area (Å²) in [5.74, 6) is 0. The number of hydrogen-bond acceptors (Lipinski definition) is 2. The van der Waals surface area contributed by atoms with Crippen LogP contribution < -0.4 is 4.90 Å². The molecule has 0 saturated heterocycles. The SMILES string of the molecule is CCN1/C(=C\C=C\C2=Nc3ccccc3C23CCCCC3)C2(CCCCC2)c2ccccc21. The molecular formula is C31H36N2. The fourth-order valence-corrected chi connectivity index (χ4v) is 7.37. The minimum atomic E-state index is 0.134. The molecule has 0 aromatic heterocycles. The molecule has 6 rings (SSSR count). The van der Waals surface area contributed by atoms with Crippen LogP contribution in [0.5, 0.6) is 0 Å². The van der Waals surface area contributed by atoms with E-state index in [0.29, 0.717) is 0 Å². The highest BCUT2D eigenvalue weighted by Crippen LogP contribution is 2.55. The average Bonchev–Trinajstić information content (AvgIpc) is 3.30. The summed E-state index contributed by atoms with van der Waals surface area (Å²) in [4.78, 5) is 7.74. The van der Waals surface area contributed by atoms with Gasteiger partial charge in [0.15, 0.2) is 0 Å². The molecule has 2 heteroatoms. The molecule has 0 N–H and O–H groups in total. The summed E-state index contributed by atoms with van der Waals surface area (Å²) >= 11 is 0. The Hall–Kier alpha value is -2.61. The summed E-state index contributed by atoms with van der Waals surface area (Å²) in [6.45, 7) is 3.32. The van der Waals surface area contributed by atoms with E-state index in [9.17, 15) is 0 Å². The van der Waals surface area contributed by atoms with Crippen LogP contribution in [0.25, 0.3) is 0 Å². The van der Waals surface area contributed by atoms with Crippen molar-refractivity contribution < 1.29 is 0 Å². The highest BCUT2D eigenvalue weighted by Gasteiger charge is 2.47. The van der Waals surface area contributed by atoms with E-state index in [1.54, 1.807) is 5.56 Å². The molecule has 0 unspecified atom stereocenters. The fourth-order valence-electron chi connectivity index (χ4n) is 7.37. The minimum Gasteiger partial charge on any atom is -0.344 e. The second-order valence-corrected chi connectivity index (χ2v) is 10.5. The number of aliphatic imine (C=N–C) groups is 1. The molecule has 2 aromatic carbocycles. The number of nitrogens with zero attached hydrogens (tertiary/aromatic N) is 2. The van der Waals surface area contributed by atoms with Crippen LogP contribution in [0.1, 0.15) is 82.3 Å². The topological polar surface area (TPSA) is 15.6 Å². The molecule has 2 aromatic rings. The molecule has 0 radical (unpaired) electrons. The highest BCUT2D eigenvalue weighted by molar-refractivity contribution is 6.09. The molecule has 2 nitrogen and oxygen atoms in total. The van der Waals surface area contributed by atoms with Gasteiger partial charge in [0, 0.05) is 28.8 Å². The summed E-state index contributed by atoms with van der Waals surface area (Å²) in [5.41, 5.74) is 8.76. The molecule has 0 atom stereocenters. The lowest BCUT2D eigenvalue weighted by molar-refractivity contribution is 0.346. The van der Waals surface area contributed by atoms with Crippen LogP contribution in [0.3, 0.4) is 0 Å². The van der Waals surface area contributed by atoms with Gasteiger partial charge in [-0.2, -0.15) is 0 Å². The lowest BCUT2D eigenvalue weighted by atomic mass is 9.67. The van der Waals surface area contributed by atoms with Crippen molar-refractivity contribution in [2.45, 2.75) is 82.0 Å². The van der Waals surface area contributed by atoms with E-state index in [0.717, 1.165) is 6.54 Å². The Morgan fingerprint density at radius 1 is 0.788 bits per heavy atom. The minimum absolute atomic E-state index is 0.134. The Bertz CT molecular complexity index is 1120. The van der Waals surface area contributed by atoms with E-state index >= 15 is 0 Å². The molecule has 2 saturated carbocycles. The zero-order valence-electron chi connectivity index (χ0n) is 20.0. The molecule has 0 bridgehead atoms. The van der Waals surface area contributed by atoms with Crippen LogP contribution in [0.4, 0.5) is 11.4 Å². The first-order valence-corrected chi connectivity index (χ1v) is 13.2. The van der Waals surface area contributed by atoms with Crippen LogP contribution in [0, 0.1) is 0 Å². The van der Waals surface area contributed by atoms with Gasteiger partial charge in [0.25, 0.3) is 0 Å². The fraction of sp³-hybridized carbons (Fsp3) is 0.452. The predicted octanol–water partition coefficient (Wildman–Crippen LogP) is 8.16. The number of likely N-dealkylation sites (N-methyl/N-ethyl adjacent to an activating group) is 1. The van der Waals surface area contributed by atoms with Crippen molar-refractivity contribution >= 4 is 17.1 Å². The van der Waals surface area contributed by atoms with Gasteiger partial charge in [-0.15, -0.1) is 0 Å². The van der Waals surface area contributed by atoms with Crippen molar-refractivity contribution in [3.05, 3.63) is 83.6 Å². The molecule has 0 amide bonds. The number of para-hydroxylation sites is 2. The van der Waals surface area contributed by atoms with Crippen molar-refractivity contribution in [2.75, 3.05) is 11.4 Å². The van der Waals surface area contributed by atoms with Crippen LogP contribution in [0.15, 0.2) is 77.4 Å². The third kappa shape index (κ3) is 3.17. The van der Waals surface area contributed by atoms with E-state index in [4.69, 9.17) is 4.99 Å². The van der Waals surface area contributed by atoms with Crippen molar-refractivity contribution in [3.8, 4) is 0 Å². The number of hydrogen-bond donors (Lipinski definition) is 0. The smallest absolute Gasteiger partial charge is 0.0674 e. The van der Waals surface area contributed by atoms with Gasteiger partial charge in [-0.1, -0.05) is 81.0 Å². The van der Waals surface area contributed by atoms with E-state index in [2.05, 4.69) is 78.6 Å². The molecule has 2 aliphatic carbocycles. The second kappa shape index (κ2) is 8.31. The van der Waals surface area contributed by atoms with Crippen molar-refractivity contribution in [3.63, 3.8) is 0 Å². The Kier molecular flexibility index (Phi) is 5.28. The number of benzene rings is 2. The van der Waals surface area contributed by atoms with Crippen LogP contribution in [-0.2, 0) is 10.8 Å². The number of allylic oxidation sites excluding steroid dienone is 4. The maximum atomic E-state index is 5.16. The lowest BCUT2D eigenvalue weighted by Crippen LogP contribution is -2.34. The van der Waals surface area contributed by atoms with E-state index < -0.39 is 0 Å².